The molecule has 0 amide bonds. The van der Waals surface area contributed by atoms with E-state index in [1.807, 2.05) is 19.1 Å². The highest BCUT2D eigenvalue weighted by atomic mass is 16.4. The molecule has 2 aromatic heterocycles. The van der Waals surface area contributed by atoms with Crippen molar-refractivity contribution < 1.29 is 14.5 Å². The Morgan fingerprint density at radius 3 is 2.73 bits per heavy atom. The van der Waals surface area contributed by atoms with Gasteiger partial charge in [-0.05, 0) is 25.1 Å². The van der Waals surface area contributed by atoms with Crippen LogP contribution in [0, 0.1) is 6.92 Å². The lowest BCUT2D eigenvalue weighted by atomic mass is 9.79. The summed E-state index contributed by atoms with van der Waals surface area (Å²) in [4.78, 5) is 8.62. The van der Waals surface area contributed by atoms with Gasteiger partial charge in [-0.2, -0.15) is 4.98 Å². The molecule has 0 radical (unpaired) electrons. The Morgan fingerprint density at radius 1 is 1.18 bits per heavy atom. The third-order valence-corrected chi connectivity index (χ3v) is 3.22. The van der Waals surface area contributed by atoms with E-state index in [1.54, 1.807) is 19.2 Å². The molecule has 0 fully saturated rings. The Morgan fingerprint density at radius 2 is 2.00 bits per heavy atom. The van der Waals surface area contributed by atoms with Crippen LogP contribution in [0.25, 0.3) is 11.0 Å². The monoisotopic (exact) mass is 298 g/mol. The summed E-state index contributed by atoms with van der Waals surface area (Å²) < 4.78 is 5.28. The molecule has 0 aliphatic heterocycles. The molecular weight excluding hydrogens is 283 g/mol. The summed E-state index contributed by atoms with van der Waals surface area (Å²) in [6, 6.07) is 7.01. The normalized spacial score (nSPS) is 10.7. The van der Waals surface area contributed by atoms with Gasteiger partial charge in [0.1, 0.15) is 11.4 Å². The summed E-state index contributed by atoms with van der Waals surface area (Å²) in [5.74, 6) is 1.12. The number of anilines is 3. The van der Waals surface area contributed by atoms with Gasteiger partial charge in [0.25, 0.3) is 0 Å². The first kappa shape index (κ1) is 14.4. The Bertz CT molecular complexity index is 819. The van der Waals surface area contributed by atoms with Gasteiger partial charge in [-0.15, -0.1) is 0 Å². The lowest BCUT2D eigenvalue weighted by Gasteiger charge is -2.10. The maximum Gasteiger partial charge on any atom is 0.492 e. The number of nitrogens with one attached hydrogen (secondary N) is 2. The second-order valence-corrected chi connectivity index (χ2v) is 4.87. The Balaban J connectivity index is 2.02. The number of hydrogen-bond donors (Lipinski definition) is 4. The van der Waals surface area contributed by atoms with Gasteiger partial charge in [0.15, 0.2) is 0 Å². The molecular formula is C14H15BN4O3. The number of benzene rings is 1. The van der Waals surface area contributed by atoms with Crippen LogP contribution in [0.3, 0.4) is 0 Å². The highest BCUT2D eigenvalue weighted by Crippen LogP contribution is 2.21. The predicted octanol–water partition coefficient (Wildman–Crippen LogP) is 0.996. The van der Waals surface area contributed by atoms with Crippen molar-refractivity contribution in [2.24, 2.45) is 0 Å². The Labute approximate surface area is 127 Å². The number of aryl methyl sites for hydroxylation is 1. The van der Waals surface area contributed by atoms with E-state index in [-0.39, 0.29) is 5.46 Å². The standard InChI is InChI=1S/C14H15BN4O3/c1-8-5-12(16-2)19-14(17-8)18-10-6-9-3-4-22-13(9)11(7-10)15(20)21/h3-7,20-21H,1-2H3,(H2,16,17,18,19). The van der Waals surface area contributed by atoms with E-state index in [9.17, 15) is 10.0 Å². The van der Waals surface area contributed by atoms with Crippen LogP contribution in [-0.2, 0) is 0 Å². The number of nitrogens with zero attached hydrogens (tertiary/aromatic N) is 2. The van der Waals surface area contributed by atoms with Crippen molar-refractivity contribution in [3.05, 3.63) is 36.2 Å². The first-order chi connectivity index (χ1) is 10.6. The average molecular weight is 298 g/mol. The number of furan rings is 1. The lowest BCUT2D eigenvalue weighted by molar-refractivity contribution is 0.425. The van der Waals surface area contributed by atoms with E-state index >= 15 is 0 Å². The van der Waals surface area contributed by atoms with Gasteiger partial charge in [-0.1, -0.05) is 0 Å². The van der Waals surface area contributed by atoms with Crippen LogP contribution >= 0.6 is 0 Å². The Hall–Kier alpha value is -2.58. The third kappa shape index (κ3) is 2.74. The van der Waals surface area contributed by atoms with Crippen LogP contribution < -0.4 is 16.1 Å². The van der Waals surface area contributed by atoms with Crippen molar-refractivity contribution >= 4 is 41.0 Å². The molecule has 0 aliphatic rings. The fraction of sp³-hybridized carbons (Fsp3) is 0.143. The topological polar surface area (TPSA) is 103 Å². The average Bonchev–Trinajstić information content (AvgIpc) is 2.93. The van der Waals surface area contributed by atoms with Gasteiger partial charge in [0.2, 0.25) is 5.95 Å². The molecule has 0 unspecified atom stereocenters. The van der Waals surface area contributed by atoms with Crippen LogP contribution in [0.5, 0.6) is 0 Å². The zero-order chi connectivity index (χ0) is 15.7. The summed E-state index contributed by atoms with van der Waals surface area (Å²) in [7, 11) is 0.158. The molecule has 0 atom stereocenters. The number of fused-ring (bicyclic) bond motifs is 1. The third-order valence-electron chi connectivity index (χ3n) is 3.22. The molecule has 3 rings (SSSR count). The van der Waals surface area contributed by atoms with Gasteiger partial charge in [-0.25, -0.2) is 4.98 Å². The van der Waals surface area contributed by atoms with Crippen molar-refractivity contribution in [2.45, 2.75) is 6.92 Å². The van der Waals surface area contributed by atoms with E-state index in [1.165, 1.54) is 6.26 Å². The maximum absolute atomic E-state index is 9.48. The summed E-state index contributed by atoms with van der Waals surface area (Å²) in [6.45, 7) is 1.87. The highest BCUT2D eigenvalue weighted by Gasteiger charge is 2.18. The van der Waals surface area contributed by atoms with Crippen LogP contribution in [0.1, 0.15) is 5.69 Å². The molecule has 22 heavy (non-hydrogen) atoms. The van der Waals surface area contributed by atoms with Crippen molar-refractivity contribution in [3.8, 4) is 0 Å². The zero-order valence-electron chi connectivity index (χ0n) is 12.2. The van der Waals surface area contributed by atoms with E-state index in [0.29, 0.717) is 23.0 Å². The van der Waals surface area contributed by atoms with E-state index < -0.39 is 7.12 Å². The largest absolute Gasteiger partial charge is 0.492 e. The van der Waals surface area contributed by atoms with Gasteiger partial charge < -0.3 is 25.1 Å². The molecule has 112 valence electrons. The molecule has 7 nitrogen and oxygen atoms in total. The van der Waals surface area contributed by atoms with E-state index in [4.69, 9.17) is 4.42 Å². The highest BCUT2D eigenvalue weighted by molar-refractivity contribution is 6.61. The molecule has 8 heteroatoms. The molecule has 0 saturated heterocycles. The molecule has 1 aromatic carbocycles. The van der Waals surface area contributed by atoms with Crippen molar-refractivity contribution in [2.75, 3.05) is 17.7 Å². The molecule has 0 saturated carbocycles. The van der Waals surface area contributed by atoms with E-state index in [2.05, 4.69) is 20.6 Å². The zero-order valence-corrected chi connectivity index (χ0v) is 12.2. The SMILES string of the molecule is CNc1cc(C)nc(Nc2cc(B(O)O)c3occc3c2)n1. The molecule has 0 spiro atoms. The molecule has 4 N–H and O–H groups in total. The van der Waals surface area contributed by atoms with Crippen LogP contribution in [0.4, 0.5) is 17.5 Å². The molecule has 0 aliphatic carbocycles. The van der Waals surface area contributed by atoms with E-state index in [0.717, 1.165) is 11.1 Å². The van der Waals surface area contributed by atoms with Crippen molar-refractivity contribution in [1.82, 2.24) is 9.97 Å². The fourth-order valence-corrected chi connectivity index (χ4v) is 2.26. The van der Waals surface area contributed by atoms with Crippen LogP contribution in [-0.4, -0.2) is 34.2 Å². The summed E-state index contributed by atoms with van der Waals surface area (Å²) >= 11 is 0. The number of hydrogen-bond acceptors (Lipinski definition) is 7. The second kappa shape index (κ2) is 5.66. The van der Waals surface area contributed by atoms with Crippen molar-refractivity contribution in [1.29, 1.82) is 0 Å². The summed E-state index contributed by atoms with van der Waals surface area (Å²) in [5.41, 5.74) is 2.19. The Kier molecular flexibility index (Phi) is 3.70. The van der Waals surface area contributed by atoms with Crippen LogP contribution in [0.15, 0.2) is 34.9 Å². The summed E-state index contributed by atoms with van der Waals surface area (Å²) in [5, 5.41) is 25.8. The first-order valence-electron chi connectivity index (χ1n) is 6.74. The molecule has 0 bridgehead atoms. The minimum absolute atomic E-state index is 0.284. The molecule has 2 heterocycles. The summed E-state index contributed by atoms with van der Waals surface area (Å²) in [6.07, 6.45) is 1.50. The molecule has 3 aromatic rings. The quantitative estimate of drug-likeness (QED) is 0.533. The van der Waals surface area contributed by atoms with Gasteiger partial charge >= 0.3 is 7.12 Å². The number of aromatic nitrogens is 2. The second-order valence-electron chi connectivity index (χ2n) is 4.87. The van der Waals surface area contributed by atoms with Gasteiger partial charge in [-0.3, -0.25) is 0 Å². The van der Waals surface area contributed by atoms with Crippen molar-refractivity contribution in [3.63, 3.8) is 0 Å². The van der Waals surface area contributed by atoms with Gasteiger partial charge in [0.05, 0.1) is 6.26 Å². The minimum Gasteiger partial charge on any atom is -0.465 e. The maximum atomic E-state index is 9.48. The van der Waals surface area contributed by atoms with Gasteiger partial charge in [0, 0.05) is 35.3 Å². The first-order valence-corrected chi connectivity index (χ1v) is 6.74. The predicted molar refractivity (Wildman–Crippen MR) is 85.6 cm³/mol. The fourth-order valence-electron chi connectivity index (χ4n) is 2.26. The van der Waals surface area contributed by atoms with Crippen LogP contribution in [0.2, 0.25) is 0 Å². The lowest BCUT2D eigenvalue weighted by Crippen LogP contribution is -2.30. The number of rotatable bonds is 4. The smallest absolute Gasteiger partial charge is 0.465 e. The minimum atomic E-state index is -1.62.